The molecule has 2 aromatic heterocycles. The third-order valence-electron chi connectivity index (χ3n) is 5.77. The fourth-order valence-electron chi connectivity index (χ4n) is 3.99. The van der Waals surface area contributed by atoms with Crippen molar-refractivity contribution in [2.24, 2.45) is 5.92 Å². The van der Waals surface area contributed by atoms with Crippen LogP contribution >= 0.6 is 0 Å². The smallest absolute Gasteiger partial charge is 0.225 e. The molecule has 4 rings (SSSR count). The summed E-state index contributed by atoms with van der Waals surface area (Å²) >= 11 is 0. The van der Waals surface area contributed by atoms with E-state index in [1.165, 1.54) is 10.6 Å². The molecule has 0 bridgehead atoms. The lowest BCUT2D eigenvalue weighted by atomic mass is 9.96. The van der Waals surface area contributed by atoms with Crippen LogP contribution in [0.25, 0.3) is 0 Å². The van der Waals surface area contributed by atoms with Gasteiger partial charge in [-0.25, -0.2) is 12.7 Å². The molecule has 4 heterocycles. The minimum atomic E-state index is -3.18. The molecular weight excluding hydrogens is 418 g/mol. The lowest BCUT2D eigenvalue weighted by molar-refractivity contribution is -0.137. The van der Waals surface area contributed by atoms with Crippen LogP contribution in [0.2, 0.25) is 0 Å². The summed E-state index contributed by atoms with van der Waals surface area (Å²) in [6.07, 6.45) is 5.82. The molecule has 0 unspecified atom stereocenters. The molecule has 1 N–H and O–H groups in total. The Morgan fingerprint density at radius 3 is 2.35 bits per heavy atom. The summed E-state index contributed by atoms with van der Waals surface area (Å²) in [5, 5.41) is 11.7. The van der Waals surface area contributed by atoms with Gasteiger partial charge in [-0.2, -0.15) is 0 Å². The van der Waals surface area contributed by atoms with Gasteiger partial charge < -0.3 is 15.1 Å². The van der Waals surface area contributed by atoms with Crippen LogP contribution in [0.5, 0.6) is 0 Å². The number of piperazine rings is 1. The molecule has 0 aliphatic carbocycles. The first-order chi connectivity index (χ1) is 14.9. The monoisotopic (exact) mass is 445 g/mol. The SMILES string of the molecule is CS(=O)(=O)N1CCC(C(=O)N2CCN(c3ccc(Nc4cccnc4)nn3)CC2)CC1. The first-order valence-corrected chi connectivity index (χ1v) is 12.2. The van der Waals surface area contributed by atoms with Gasteiger partial charge in [0.05, 0.1) is 18.1 Å². The number of amides is 1. The van der Waals surface area contributed by atoms with Crippen LogP contribution in [0.15, 0.2) is 36.7 Å². The quantitative estimate of drug-likeness (QED) is 0.724. The lowest BCUT2D eigenvalue weighted by Gasteiger charge is -2.38. The van der Waals surface area contributed by atoms with Crippen LogP contribution < -0.4 is 10.2 Å². The fraction of sp³-hybridized carbons (Fsp3) is 0.500. The molecule has 0 atom stereocenters. The predicted octanol–water partition coefficient (Wildman–Crippen LogP) is 0.935. The summed E-state index contributed by atoms with van der Waals surface area (Å²) in [6, 6.07) is 7.55. The number of nitrogens with one attached hydrogen (secondary N) is 1. The van der Waals surface area contributed by atoms with E-state index in [1.807, 2.05) is 29.2 Å². The molecular formula is C20H27N7O3S. The highest BCUT2D eigenvalue weighted by Gasteiger charge is 2.32. The molecule has 2 fully saturated rings. The molecule has 0 aromatic carbocycles. The molecule has 2 saturated heterocycles. The number of nitrogens with zero attached hydrogens (tertiary/aromatic N) is 6. The van der Waals surface area contributed by atoms with Gasteiger partial charge in [0.1, 0.15) is 0 Å². The normalized spacial score (nSPS) is 18.7. The molecule has 10 nitrogen and oxygen atoms in total. The zero-order valence-corrected chi connectivity index (χ0v) is 18.3. The van der Waals surface area contributed by atoms with E-state index in [1.54, 1.807) is 12.4 Å². The average Bonchev–Trinajstić information content (AvgIpc) is 2.79. The minimum absolute atomic E-state index is 0.0952. The maximum absolute atomic E-state index is 12.9. The van der Waals surface area contributed by atoms with E-state index in [2.05, 4.69) is 25.4 Å². The number of hydrogen-bond donors (Lipinski definition) is 1. The Balaban J connectivity index is 1.27. The lowest BCUT2D eigenvalue weighted by Crippen LogP contribution is -2.52. The average molecular weight is 446 g/mol. The van der Waals surface area contributed by atoms with Crippen molar-refractivity contribution in [3.8, 4) is 0 Å². The standard InChI is InChI=1S/C20H27N7O3S/c1-31(29,30)27-9-6-16(7-10-27)20(28)26-13-11-25(12-14-26)19-5-4-18(23-24-19)22-17-3-2-8-21-15-17/h2-5,8,15-16H,6-7,9-14H2,1H3,(H,22,23). The molecule has 0 saturated carbocycles. The third-order valence-corrected chi connectivity index (χ3v) is 7.08. The van der Waals surface area contributed by atoms with Gasteiger partial charge >= 0.3 is 0 Å². The van der Waals surface area contributed by atoms with Crippen molar-refractivity contribution in [2.75, 3.05) is 55.7 Å². The summed E-state index contributed by atoms with van der Waals surface area (Å²) < 4.78 is 24.8. The number of piperidine rings is 1. The predicted molar refractivity (Wildman–Crippen MR) is 117 cm³/mol. The highest BCUT2D eigenvalue weighted by molar-refractivity contribution is 7.88. The van der Waals surface area contributed by atoms with Crippen LogP contribution in [0.4, 0.5) is 17.3 Å². The van der Waals surface area contributed by atoms with E-state index in [0.717, 1.165) is 11.5 Å². The molecule has 166 valence electrons. The van der Waals surface area contributed by atoms with E-state index in [4.69, 9.17) is 0 Å². The largest absolute Gasteiger partial charge is 0.352 e. The van der Waals surface area contributed by atoms with Crippen molar-refractivity contribution in [2.45, 2.75) is 12.8 Å². The highest BCUT2D eigenvalue weighted by Crippen LogP contribution is 2.23. The van der Waals surface area contributed by atoms with E-state index in [-0.39, 0.29) is 11.8 Å². The molecule has 2 aliphatic heterocycles. The molecule has 1 amide bonds. The van der Waals surface area contributed by atoms with Gasteiger partial charge in [0, 0.05) is 51.4 Å². The van der Waals surface area contributed by atoms with Crippen LogP contribution in [-0.2, 0) is 14.8 Å². The second-order valence-electron chi connectivity index (χ2n) is 7.89. The number of rotatable bonds is 5. The van der Waals surface area contributed by atoms with Crippen molar-refractivity contribution < 1.29 is 13.2 Å². The van der Waals surface area contributed by atoms with E-state index in [9.17, 15) is 13.2 Å². The molecule has 2 aromatic rings. The Hall–Kier alpha value is -2.79. The zero-order chi connectivity index (χ0) is 21.8. The Kier molecular flexibility index (Phi) is 6.33. The fourth-order valence-corrected chi connectivity index (χ4v) is 4.87. The number of sulfonamides is 1. The number of carbonyl (C=O) groups is 1. The number of carbonyl (C=O) groups excluding carboxylic acids is 1. The van der Waals surface area contributed by atoms with Crippen molar-refractivity contribution in [3.63, 3.8) is 0 Å². The number of aromatic nitrogens is 3. The topological polar surface area (TPSA) is 112 Å². The minimum Gasteiger partial charge on any atom is -0.352 e. The van der Waals surface area contributed by atoms with Crippen LogP contribution in [0.3, 0.4) is 0 Å². The van der Waals surface area contributed by atoms with Crippen LogP contribution in [0.1, 0.15) is 12.8 Å². The number of pyridine rings is 1. The molecule has 11 heteroatoms. The first kappa shape index (κ1) is 21.4. The van der Waals surface area contributed by atoms with Gasteiger partial charge in [-0.1, -0.05) is 0 Å². The molecule has 0 radical (unpaired) electrons. The Labute approximate surface area is 182 Å². The second-order valence-corrected chi connectivity index (χ2v) is 9.87. The summed E-state index contributed by atoms with van der Waals surface area (Å²) in [6.45, 7) is 3.48. The number of hydrogen-bond acceptors (Lipinski definition) is 8. The summed E-state index contributed by atoms with van der Waals surface area (Å²) in [7, 11) is -3.18. The van der Waals surface area contributed by atoms with Crippen LogP contribution in [0, 0.1) is 5.92 Å². The van der Waals surface area contributed by atoms with Crippen molar-refractivity contribution in [3.05, 3.63) is 36.7 Å². The second kappa shape index (κ2) is 9.15. The Morgan fingerprint density at radius 1 is 1.03 bits per heavy atom. The summed E-state index contributed by atoms with van der Waals surface area (Å²) in [4.78, 5) is 20.9. The Bertz CT molecular complexity index is 985. The third kappa shape index (κ3) is 5.28. The molecule has 2 aliphatic rings. The molecule has 31 heavy (non-hydrogen) atoms. The van der Waals surface area contributed by atoms with Gasteiger partial charge in [-0.3, -0.25) is 9.78 Å². The maximum atomic E-state index is 12.9. The van der Waals surface area contributed by atoms with Crippen molar-refractivity contribution in [1.29, 1.82) is 0 Å². The summed E-state index contributed by atoms with van der Waals surface area (Å²) in [5.74, 6) is 1.47. The molecule has 0 spiro atoms. The zero-order valence-electron chi connectivity index (χ0n) is 17.5. The van der Waals surface area contributed by atoms with Gasteiger partial charge in [0.15, 0.2) is 11.6 Å². The van der Waals surface area contributed by atoms with Crippen LogP contribution in [-0.4, -0.2) is 84.2 Å². The summed E-state index contributed by atoms with van der Waals surface area (Å²) in [5.41, 5.74) is 0.846. The van der Waals surface area contributed by atoms with Crippen molar-refractivity contribution in [1.82, 2.24) is 24.4 Å². The highest BCUT2D eigenvalue weighted by atomic mass is 32.2. The van der Waals surface area contributed by atoms with E-state index < -0.39 is 10.0 Å². The van der Waals surface area contributed by atoms with E-state index in [0.29, 0.717) is 57.9 Å². The Morgan fingerprint density at radius 2 is 1.77 bits per heavy atom. The van der Waals surface area contributed by atoms with Crippen molar-refractivity contribution >= 4 is 33.3 Å². The van der Waals surface area contributed by atoms with Gasteiger partial charge in [0.25, 0.3) is 0 Å². The number of anilines is 3. The van der Waals surface area contributed by atoms with Gasteiger partial charge in [0.2, 0.25) is 15.9 Å². The van der Waals surface area contributed by atoms with E-state index >= 15 is 0 Å². The van der Waals surface area contributed by atoms with Gasteiger partial charge in [-0.05, 0) is 37.1 Å². The maximum Gasteiger partial charge on any atom is 0.225 e. The first-order valence-electron chi connectivity index (χ1n) is 10.4. The van der Waals surface area contributed by atoms with Gasteiger partial charge in [-0.15, -0.1) is 10.2 Å².